The van der Waals surface area contributed by atoms with Crippen molar-refractivity contribution in [1.82, 2.24) is 10.3 Å². The molecule has 0 spiro atoms. The van der Waals surface area contributed by atoms with E-state index in [1.54, 1.807) is 12.4 Å². The minimum Gasteiger partial charge on any atom is -0.346 e. The number of amides is 3. The maximum absolute atomic E-state index is 12.8. The van der Waals surface area contributed by atoms with E-state index in [0.717, 1.165) is 27.7 Å². The van der Waals surface area contributed by atoms with Gasteiger partial charge in [-0.25, -0.2) is 4.90 Å². The number of carbonyl (C=O) groups is 3. The highest BCUT2D eigenvalue weighted by Crippen LogP contribution is 2.33. The Balaban J connectivity index is 1.52. The first-order valence-corrected chi connectivity index (χ1v) is 10.3. The van der Waals surface area contributed by atoms with Crippen molar-refractivity contribution in [2.24, 2.45) is 0 Å². The van der Waals surface area contributed by atoms with Gasteiger partial charge < -0.3 is 5.32 Å². The average Bonchev–Trinajstić information content (AvgIpc) is 3.16. The van der Waals surface area contributed by atoms with E-state index in [1.165, 1.54) is 12.1 Å². The minimum absolute atomic E-state index is 0.00961. The van der Waals surface area contributed by atoms with E-state index in [0.29, 0.717) is 0 Å². The fourth-order valence-corrected chi connectivity index (χ4v) is 3.72. The van der Waals surface area contributed by atoms with Gasteiger partial charge in [0.05, 0.1) is 11.0 Å². The molecule has 0 saturated carbocycles. The van der Waals surface area contributed by atoms with Gasteiger partial charge in [-0.05, 0) is 47.9 Å². The zero-order valence-electron chi connectivity index (χ0n) is 17.7. The monoisotopic (exact) mass is 444 g/mol. The summed E-state index contributed by atoms with van der Waals surface area (Å²) in [5.41, 5.74) is 2.36. The van der Waals surface area contributed by atoms with E-state index in [1.807, 2.05) is 43.3 Å². The minimum atomic E-state index is -0.702. The summed E-state index contributed by atoms with van der Waals surface area (Å²) in [5.74, 6) is -1.50. The molecule has 4 rings (SSSR count). The molecule has 0 aliphatic carbocycles. The van der Waals surface area contributed by atoms with Crippen LogP contribution in [0.5, 0.6) is 0 Å². The number of nitro groups is 1. The second kappa shape index (κ2) is 8.99. The topological polar surface area (TPSA) is 123 Å². The standard InChI is InChI=1S/C24H20N4O5/c1-15(16-2-4-17(5-3-16)18-10-12-25-13-11-18)26-24(31)19-6-7-20(21(14-19)28(32)33)27-22(29)8-9-23(27)30/h2-7,10-15H,8-9H2,1H3,(H,26,31). The molecule has 1 aromatic heterocycles. The number of nitrogens with zero attached hydrogens (tertiary/aromatic N) is 3. The van der Waals surface area contributed by atoms with Crippen LogP contribution in [0, 0.1) is 10.1 Å². The van der Waals surface area contributed by atoms with Crippen LogP contribution in [-0.2, 0) is 9.59 Å². The summed E-state index contributed by atoms with van der Waals surface area (Å²) in [4.78, 5) is 52.5. The van der Waals surface area contributed by atoms with Crippen LogP contribution in [0.2, 0.25) is 0 Å². The number of hydrogen-bond acceptors (Lipinski definition) is 6. The molecule has 33 heavy (non-hydrogen) atoms. The smallest absolute Gasteiger partial charge is 0.294 e. The molecule has 0 radical (unpaired) electrons. The van der Waals surface area contributed by atoms with Crippen LogP contribution in [0.1, 0.15) is 41.7 Å². The van der Waals surface area contributed by atoms with Gasteiger partial charge in [0, 0.05) is 36.9 Å². The Morgan fingerprint density at radius 1 is 1.00 bits per heavy atom. The normalized spacial score (nSPS) is 14.3. The number of hydrogen-bond donors (Lipinski definition) is 1. The lowest BCUT2D eigenvalue weighted by atomic mass is 10.0. The van der Waals surface area contributed by atoms with Crippen molar-refractivity contribution in [3.8, 4) is 11.1 Å². The number of carbonyl (C=O) groups excluding carboxylic acids is 3. The van der Waals surface area contributed by atoms with Gasteiger partial charge in [0.25, 0.3) is 11.6 Å². The molecule has 1 aliphatic rings. The highest BCUT2D eigenvalue weighted by Gasteiger charge is 2.35. The summed E-state index contributed by atoms with van der Waals surface area (Å²) in [6.45, 7) is 1.81. The molecule has 1 atom stereocenters. The third-order valence-corrected chi connectivity index (χ3v) is 5.50. The summed E-state index contributed by atoms with van der Waals surface area (Å²) in [7, 11) is 0. The molecule has 9 heteroatoms. The van der Waals surface area contributed by atoms with Crippen LogP contribution in [0.4, 0.5) is 11.4 Å². The Labute approximate surface area is 189 Å². The van der Waals surface area contributed by atoms with Crippen molar-refractivity contribution in [3.63, 3.8) is 0 Å². The first-order valence-electron chi connectivity index (χ1n) is 10.3. The maximum Gasteiger partial charge on any atom is 0.294 e. The summed E-state index contributed by atoms with van der Waals surface area (Å²) < 4.78 is 0. The van der Waals surface area contributed by atoms with Crippen LogP contribution in [0.15, 0.2) is 67.0 Å². The Bertz CT molecular complexity index is 1230. The highest BCUT2D eigenvalue weighted by molar-refractivity contribution is 6.21. The first kappa shape index (κ1) is 21.8. The molecule has 1 aliphatic heterocycles. The molecule has 1 saturated heterocycles. The van der Waals surface area contributed by atoms with Gasteiger partial charge in [0.2, 0.25) is 11.8 Å². The summed E-state index contributed by atoms with van der Waals surface area (Å²) >= 11 is 0. The van der Waals surface area contributed by atoms with Crippen LogP contribution < -0.4 is 10.2 Å². The third kappa shape index (κ3) is 4.47. The molecule has 1 fully saturated rings. The quantitative estimate of drug-likeness (QED) is 0.350. The number of aromatic nitrogens is 1. The van der Waals surface area contributed by atoms with E-state index in [9.17, 15) is 24.5 Å². The number of imide groups is 1. The van der Waals surface area contributed by atoms with E-state index in [2.05, 4.69) is 10.3 Å². The Morgan fingerprint density at radius 3 is 2.21 bits per heavy atom. The molecule has 166 valence electrons. The summed E-state index contributed by atoms with van der Waals surface area (Å²) in [6, 6.07) is 14.9. The van der Waals surface area contributed by atoms with Crippen LogP contribution >= 0.6 is 0 Å². The number of nitrogens with one attached hydrogen (secondary N) is 1. The predicted molar refractivity (Wildman–Crippen MR) is 120 cm³/mol. The fraction of sp³-hybridized carbons (Fsp3) is 0.167. The number of rotatable bonds is 6. The third-order valence-electron chi connectivity index (χ3n) is 5.50. The van der Waals surface area contributed by atoms with E-state index in [4.69, 9.17) is 0 Å². The van der Waals surface area contributed by atoms with Crippen LogP contribution in [-0.4, -0.2) is 27.6 Å². The van der Waals surface area contributed by atoms with Gasteiger partial charge >= 0.3 is 0 Å². The van der Waals surface area contributed by atoms with Gasteiger partial charge in [0.15, 0.2) is 0 Å². The predicted octanol–water partition coefficient (Wildman–Crippen LogP) is 3.80. The van der Waals surface area contributed by atoms with Crippen molar-refractivity contribution in [3.05, 3.63) is 88.2 Å². The molecule has 1 N–H and O–H groups in total. The van der Waals surface area contributed by atoms with Gasteiger partial charge in [-0.2, -0.15) is 0 Å². The average molecular weight is 444 g/mol. The first-order chi connectivity index (χ1) is 15.8. The molecule has 3 aromatic rings. The van der Waals surface area contributed by atoms with Crippen molar-refractivity contribution in [2.75, 3.05) is 4.90 Å². The zero-order chi connectivity index (χ0) is 23.5. The fourth-order valence-electron chi connectivity index (χ4n) is 3.72. The Hall–Kier alpha value is -4.40. The molecule has 0 bridgehead atoms. The van der Waals surface area contributed by atoms with Crippen molar-refractivity contribution >= 4 is 29.1 Å². The second-order valence-electron chi connectivity index (χ2n) is 7.64. The SMILES string of the molecule is CC(NC(=O)c1ccc(N2C(=O)CCC2=O)c([N+](=O)[O-])c1)c1ccc(-c2ccncc2)cc1. The lowest BCUT2D eigenvalue weighted by Crippen LogP contribution is -2.30. The number of pyridine rings is 1. The molecular formula is C24H20N4O5. The summed E-state index contributed by atoms with van der Waals surface area (Å²) in [6.07, 6.45) is 3.45. The van der Waals surface area contributed by atoms with Gasteiger partial charge in [0.1, 0.15) is 5.69 Å². The van der Waals surface area contributed by atoms with Crippen LogP contribution in [0.3, 0.4) is 0 Å². The van der Waals surface area contributed by atoms with Crippen molar-refractivity contribution < 1.29 is 19.3 Å². The molecule has 1 unspecified atom stereocenters. The second-order valence-corrected chi connectivity index (χ2v) is 7.64. The van der Waals surface area contributed by atoms with E-state index in [-0.39, 0.29) is 30.1 Å². The maximum atomic E-state index is 12.8. The molecular weight excluding hydrogens is 424 g/mol. The lowest BCUT2D eigenvalue weighted by Gasteiger charge is -2.17. The lowest BCUT2D eigenvalue weighted by molar-refractivity contribution is -0.384. The Morgan fingerprint density at radius 2 is 1.61 bits per heavy atom. The Kier molecular flexibility index (Phi) is 5.95. The van der Waals surface area contributed by atoms with Crippen molar-refractivity contribution in [2.45, 2.75) is 25.8 Å². The van der Waals surface area contributed by atoms with Gasteiger partial charge in [-0.15, -0.1) is 0 Å². The number of benzene rings is 2. The number of anilines is 1. The largest absolute Gasteiger partial charge is 0.346 e. The molecule has 9 nitrogen and oxygen atoms in total. The molecule has 3 amide bonds. The molecule has 2 aromatic carbocycles. The number of nitro benzene ring substituents is 1. The van der Waals surface area contributed by atoms with E-state index >= 15 is 0 Å². The van der Waals surface area contributed by atoms with E-state index < -0.39 is 28.3 Å². The van der Waals surface area contributed by atoms with Gasteiger partial charge in [-0.1, -0.05) is 24.3 Å². The zero-order valence-corrected chi connectivity index (χ0v) is 17.7. The molecule has 2 heterocycles. The summed E-state index contributed by atoms with van der Waals surface area (Å²) in [5, 5.41) is 14.4. The highest BCUT2D eigenvalue weighted by atomic mass is 16.6. The van der Waals surface area contributed by atoms with Crippen molar-refractivity contribution in [1.29, 1.82) is 0 Å². The van der Waals surface area contributed by atoms with Crippen LogP contribution in [0.25, 0.3) is 11.1 Å². The van der Waals surface area contributed by atoms with Gasteiger partial charge in [-0.3, -0.25) is 29.5 Å².